The van der Waals surface area contributed by atoms with Crippen molar-refractivity contribution in [3.63, 3.8) is 0 Å². The lowest BCUT2D eigenvalue weighted by atomic mass is 10.3. The van der Waals surface area contributed by atoms with E-state index in [-0.39, 0.29) is 5.91 Å². The van der Waals surface area contributed by atoms with Gasteiger partial charge < -0.3 is 10.1 Å². The van der Waals surface area contributed by atoms with E-state index in [1.54, 1.807) is 18.3 Å². The Bertz CT molecular complexity index is 361. The molecule has 0 radical (unpaired) electrons. The number of nitrogens with zero attached hydrogens (tertiary/aromatic N) is 1. The minimum Gasteiger partial charge on any atom is -0.381 e. The van der Waals surface area contributed by atoms with Gasteiger partial charge in [0.25, 0.3) is 5.91 Å². The first kappa shape index (κ1) is 14.6. The number of alkyl halides is 1. The van der Waals surface area contributed by atoms with Crippen molar-refractivity contribution in [2.24, 2.45) is 0 Å². The molecule has 0 aromatic carbocycles. The largest absolute Gasteiger partial charge is 0.381 e. The van der Waals surface area contributed by atoms with Crippen LogP contribution in [0.25, 0.3) is 0 Å². The van der Waals surface area contributed by atoms with Crippen molar-refractivity contribution in [3.8, 4) is 0 Å². The third kappa shape index (κ3) is 5.61. The number of carbonyl (C=O) groups excluding carboxylic acids is 1. The van der Waals surface area contributed by atoms with E-state index in [2.05, 4.69) is 42.2 Å². The second kappa shape index (κ2) is 8.60. The van der Waals surface area contributed by atoms with Crippen molar-refractivity contribution in [1.29, 1.82) is 0 Å². The maximum absolute atomic E-state index is 11.7. The number of halogens is 2. The molecule has 17 heavy (non-hydrogen) atoms. The number of carbonyl (C=O) groups is 1. The second-order valence-electron chi connectivity index (χ2n) is 3.24. The number of amides is 1. The van der Waals surface area contributed by atoms with Gasteiger partial charge in [0.2, 0.25) is 0 Å². The summed E-state index contributed by atoms with van der Waals surface area (Å²) in [6, 6.07) is 3.57. The molecule has 0 aliphatic carbocycles. The van der Waals surface area contributed by atoms with E-state index in [0.717, 1.165) is 11.8 Å². The molecule has 1 aromatic heterocycles. The standard InChI is InChI=1S/C11H14Br2N2O2/c12-4-8-17-7-2-6-15-11(16)10-9(13)3-1-5-14-10/h1,3,5H,2,4,6-8H2,(H,15,16). The molecule has 4 nitrogen and oxygen atoms in total. The highest BCUT2D eigenvalue weighted by atomic mass is 79.9. The molecular weight excluding hydrogens is 352 g/mol. The Labute approximate surface area is 117 Å². The van der Waals surface area contributed by atoms with Crippen LogP contribution in [-0.2, 0) is 4.74 Å². The van der Waals surface area contributed by atoms with Crippen LogP contribution in [0.15, 0.2) is 22.8 Å². The maximum atomic E-state index is 11.7. The predicted molar refractivity (Wildman–Crippen MR) is 73.5 cm³/mol. The van der Waals surface area contributed by atoms with Crippen LogP contribution in [0.1, 0.15) is 16.9 Å². The van der Waals surface area contributed by atoms with Crippen LogP contribution < -0.4 is 5.32 Å². The average Bonchev–Trinajstić information content (AvgIpc) is 2.34. The fourth-order valence-corrected chi connectivity index (χ4v) is 1.83. The van der Waals surface area contributed by atoms with Gasteiger partial charge in [-0.2, -0.15) is 0 Å². The Morgan fingerprint density at radius 3 is 3.00 bits per heavy atom. The summed E-state index contributed by atoms with van der Waals surface area (Å²) >= 11 is 6.56. The van der Waals surface area contributed by atoms with Crippen LogP contribution in [0.2, 0.25) is 0 Å². The van der Waals surface area contributed by atoms with E-state index in [9.17, 15) is 4.79 Å². The van der Waals surface area contributed by atoms with E-state index >= 15 is 0 Å². The van der Waals surface area contributed by atoms with Gasteiger partial charge in [-0.25, -0.2) is 4.98 Å². The molecule has 0 aliphatic rings. The van der Waals surface area contributed by atoms with Crippen molar-refractivity contribution in [1.82, 2.24) is 10.3 Å². The van der Waals surface area contributed by atoms with Gasteiger partial charge in [-0.05, 0) is 34.5 Å². The summed E-state index contributed by atoms with van der Waals surface area (Å²) < 4.78 is 5.97. The number of hydrogen-bond donors (Lipinski definition) is 1. The summed E-state index contributed by atoms with van der Waals surface area (Å²) in [7, 11) is 0. The quantitative estimate of drug-likeness (QED) is 0.596. The highest BCUT2D eigenvalue weighted by molar-refractivity contribution is 9.10. The van der Waals surface area contributed by atoms with Crippen molar-refractivity contribution < 1.29 is 9.53 Å². The molecule has 0 fully saturated rings. The third-order valence-electron chi connectivity index (χ3n) is 1.95. The molecular formula is C11H14Br2N2O2. The van der Waals surface area contributed by atoms with Crippen LogP contribution in [0.4, 0.5) is 0 Å². The van der Waals surface area contributed by atoms with Gasteiger partial charge in [-0.3, -0.25) is 4.79 Å². The summed E-state index contributed by atoms with van der Waals surface area (Å²) in [6.45, 7) is 1.93. The Morgan fingerprint density at radius 2 is 2.29 bits per heavy atom. The smallest absolute Gasteiger partial charge is 0.271 e. The number of nitrogens with one attached hydrogen (secondary N) is 1. The van der Waals surface area contributed by atoms with Gasteiger partial charge in [-0.15, -0.1) is 0 Å². The Morgan fingerprint density at radius 1 is 1.47 bits per heavy atom. The van der Waals surface area contributed by atoms with Crippen molar-refractivity contribution in [3.05, 3.63) is 28.5 Å². The molecule has 0 atom stereocenters. The van der Waals surface area contributed by atoms with Crippen molar-refractivity contribution in [2.45, 2.75) is 6.42 Å². The van der Waals surface area contributed by atoms with Gasteiger partial charge in [-0.1, -0.05) is 15.9 Å². The number of ether oxygens (including phenoxy) is 1. The van der Waals surface area contributed by atoms with E-state index < -0.39 is 0 Å². The highest BCUT2D eigenvalue weighted by Crippen LogP contribution is 2.12. The number of rotatable bonds is 7. The van der Waals surface area contributed by atoms with Gasteiger partial charge >= 0.3 is 0 Å². The monoisotopic (exact) mass is 364 g/mol. The molecule has 1 heterocycles. The number of hydrogen-bond acceptors (Lipinski definition) is 3. The Kier molecular flexibility index (Phi) is 7.39. The maximum Gasteiger partial charge on any atom is 0.271 e. The molecule has 1 aromatic rings. The molecule has 94 valence electrons. The zero-order valence-corrected chi connectivity index (χ0v) is 12.5. The molecule has 1 rings (SSSR count). The number of pyridine rings is 1. The molecule has 0 bridgehead atoms. The summed E-state index contributed by atoms with van der Waals surface area (Å²) in [4.78, 5) is 15.7. The number of aromatic nitrogens is 1. The summed E-state index contributed by atoms with van der Waals surface area (Å²) in [5.74, 6) is -0.169. The highest BCUT2D eigenvalue weighted by Gasteiger charge is 2.09. The minimum atomic E-state index is -0.169. The fraction of sp³-hybridized carbons (Fsp3) is 0.455. The molecule has 0 spiro atoms. The zero-order chi connectivity index (χ0) is 12.5. The van der Waals surface area contributed by atoms with E-state index in [4.69, 9.17) is 4.74 Å². The van der Waals surface area contributed by atoms with Gasteiger partial charge in [0, 0.05) is 29.2 Å². The van der Waals surface area contributed by atoms with Crippen LogP contribution >= 0.6 is 31.9 Å². The van der Waals surface area contributed by atoms with E-state index in [0.29, 0.717) is 29.9 Å². The predicted octanol–water partition coefficient (Wildman–Crippen LogP) is 2.38. The topological polar surface area (TPSA) is 51.2 Å². The van der Waals surface area contributed by atoms with Crippen LogP contribution in [0, 0.1) is 0 Å². The summed E-state index contributed by atoms with van der Waals surface area (Å²) in [5, 5.41) is 3.63. The van der Waals surface area contributed by atoms with Crippen molar-refractivity contribution in [2.75, 3.05) is 25.1 Å². The molecule has 6 heteroatoms. The lowest BCUT2D eigenvalue weighted by Crippen LogP contribution is -2.26. The van der Waals surface area contributed by atoms with Gasteiger partial charge in [0.05, 0.1) is 6.61 Å². The second-order valence-corrected chi connectivity index (χ2v) is 4.89. The molecule has 0 aliphatic heterocycles. The normalized spacial score (nSPS) is 10.2. The van der Waals surface area contributed by atoms with Crippen LogP contribution in [0.3, 0.4) is 0 Å². The SMILES string of the molecule is O=C(NCCCOCCBr)c1ncccc1Br. The molecule has 0 saturated carbocycles. The minimum absolute atomic E-state index is 0.169. The first-order chi connectivity index (χ1) is 8.25. The van der Waals surface area contributed by atoms with Gasteiger partial charge in [0.15, 0.2) is 0 Å². The van der Waals surface area contributed by atoms with Crippen LogP contribution in [-0.4, -0.2) is 36.0 Å². The zero-order valence-electron chi connectivity index (χ0n) is 9.29. The molecule has 0 unspecified atom stereocenters. The summed E-state index contributed by atoms with van der Waals surface area (Å²) in [5.41, 5.74) is 0.411. The Balaban J connectivity index is 2.24. The van der Waals surface area contributed by atoms with Crippen LogP contribution in [0.5, 0.6) is 0 Å². The average molecular weight is 366 g/mol. The first-order valence-electron chi connectivity index (χ1n) is 5.28. The van der Waals surface area contributed by atoms with Crippen molar-refractivity contribution >= 4 is 37.8 Å². The van der Waals surface area contributed by atoms with E-state index in [1.165, 1.54) is 0 Å². The molecule has 0 saturated heterocycles. The fourth-order valence-electron chi connectivity index (χ4n) is 1.17. The lowest BCUT2D eigenvalue weighted by molar-refractivity contribution is 0.0939. The van der Waals surface area contributed by atoms with Gasteiger partial charge in [0.1, 0.15) is 5.69 Å². The third-order valence-corrected chi connectivity index (χ3v) is 2.91. The Hall–Kier alpha value is -0.460. The molecule has 1 N–H and O–H groups in total. The van der Waals surface area contributed by atoms with E-state index in [1.807, 2.05) is 0 Å². The lowest BCUT2D eigenvalue weighted by Gasteiger charge is -2.06. The first-order valence-corrected chi connectivity index (χ1v) is 7.19. The molecule has 1 amide bonds. The summed E-state index contributed by atoms with van der Waals surface area (Å²) in [6.07, 6.45) is 2.39.